The molecular weight excluding hydrogens is 283 g/mol. The number of rotatable bonds is 3. The molecule has 0 aliphatic carbocycles. The van der Waals surface area contributed by atoms with Crippen molar-refractivity contribution in [3.63, 3.8) is 0 Å². The topological polar surface area (TPSA) is 46.3 Å². The Morgan fingerprint density at radius 2 is 1.84 bits per heavy atom. The minimum Gasteiger partial charge on any atom is -0.391 e. The van der Waals surface area contributed by atoms with E-state index in [4.69, 9.17) is 16.1 Å². The van der Waals surface area contributed by atoms with Crippen molar-refractivity contribution in [1.29, 1.82) is 0 Å². The molecule has 19 heavy (non-hydrogen) atoms. The molecule has 102 valence electrons. The molecule has 0 atom stereocenters. The summed E-state index contributed by atoms with van der Waals surface area (Å²) in [4.78, 5) is 0. The Kier molecular flexibility index (Phi) is 3.82. The van der Waals surface area contributed by atoms with Gasteiger partial charge < -0.3 is 9.63 Å². The summed E-state index contributed by atoms with van der Waals surface area (Å²) >= 11 is 5.61. The van der Waals surface area contributed by atoms with Crippen LogP contribution in [0.5, 0.6) is 0 Å². The second kappa shape index (κ2) is 5.22. The van der Waals surface area contributed by atoms with Crippen molar-refractivity contribution in [2.45, 2.75) is 18.7 Å². The van der Waals surface area contributed by atoms with Gasteiger partial charge in [0.2, 0.25) is 0 Å². The molecule has 0 spiro atoms. The van der Waals surface area contributed by atoms with Gasteiger partial charge in [-0.1, -0.05) is 17.3 Å². The zero-order valence-electron chi connectivity index (χ0n) is 9.54. The van der Waals surface area contributed by atoms with E-state index in [2.05, 4.69) is 5.16 Å². The van der Waals surface area contributed by atoms with Gasteiger partial charge in [-0.15, -0.1) is 11.6 Å². The number of aromatic nitrogens is 1. The van der Waals surface area contributed by atoms with Gasteiger partial charge in [-0.25, -0.2) is 0 Å². The lowest BCUT2D eigenvalue weighted by atomic mass is 10.1. The lowest BCUT2D eigenvalue weighted by Gasteiger charge is -2.06. The summed E-state index contributed by atoms with van der Waals surface area (Å²) in [6.45, 7) is -0.345. The number of hydrogen-bond acceptors (Lipinski definition) is 3. The van der Waals surface area contributed by atoms with Crippen LogP contribution in [-0.2, 0) is 18.7 Å². The first-order valence-corrected chi connectivity index (χ1v) is 5.82. The lowest BCUT2D eigenvalue weighted by molar-refractivity contribution is -0.137. The predicted molar refractivity (Wildman–Crippen MR) is 62.4 cm³/mol. The van der Waals surface area contributed by atoms with Crippen molar-refractivity contribution in [3.8, 4) is 11.3 Å². The van der Waals surface area contributed by atoms with Gasteiger partial charge in [0.05, 0.1) is 18.1 Å². The number of nitrogens with zero attached hydrogens (tertiary/aromatic N) is 1. The normalized spacial score (nSPS) is 11.8. The van der Waals surface area contributed by atoms with Crippen molar-refractivity contribution in [2.24, 2.45) is 0 Å². The molecule has 2 aromatic rings. The quantitative estimate of drug-likeness (QED) is 0.879. The Bertz CT molecular complexity index is 563. The standard InChI is InChI=1S/C12H9ClF3NO2/c13-5-10-9(6-18)11(19-17-10)7-1-3-8(4-2-7)12(14,15)16/h1-4,18H,5-6H2. The molecule has 0 unspecified atom stereocenters. The maximum Gasteiger partial charge on any atom is 0.416 e. The molecule has 0 saturated heterocycles. The number of aliphatic hydroxyl groups excluding tert-OH is 1. The van der Waals surface area contributed by atoms with Gasteiger partial charge in [-0.3, -0.25) is 0 Å². The Balaban J connectivity index is 2.40. The van der Waals surface area contributed by atoms with Crippen molar-refractivity contribution >= 4 is 11.6 Å². The fourth-order valence-electron chi connectivity index (χ4n) is 1.65. The van der Waals surface area contributed by atoms with Gasteiger partial charge in [0.15, 0.2) is 5.76 Å². The predicted octanol–water partition coefficient (Wildman–Crippen LogP) is 3.59. The first-order chi connectivity index (χ1) is 8.97. The van der Waals surface area contributed by atoms with Crippen molar-refractivity contribution in [2.75, 3.05) is 0 Å². The van der Waals surface area contributed by atoms with Gasteiger partial charge in [-0.2, -0.15) is 13.2 Å². The molecule has 1 aromatic carbocycles. The fourth-order valence-corrected chi connectivity index (χ4v) is 1.86. The molecule has 1 N–H and O–H groups in total. The van der Waals surface area contributed by atoms with Crippen LogP contribution >= 0.6 is 11.6 Å². The zero-order chi connectivity index (χ0) is 14.0. The molecule has 7 heteroatoms. The number of alkyl halides is 4. The van der Waals surface area contributed by atoms with E-state index in [0.29, 0.717) is 16.8 Å². The van der Waals surface area contributed by atoms with Gasteiger partial charge in [0.1, 0.15) is 5.69 Å². The van der Waals surface area contributed by atoms with Crippen LogP contribution in [0, 0.1) is 0 Å². The highest BCUT2D eigenvalue weighted by atomic mass is 35.5. The van der Waals surface area contributed by atoms with Gasteiger partial charge >= 0.3 is 6.18 Å². The monoisotopic (exact) mass is 291 g/mol. The van der Waals surface area contributed by atoms with Crippen molar-refractivity contribution in [3.05, 3.63) is 41.1 Å². The molecule has 0 saturated carbocycles. The maximum atomic E-state index is 12.4. The minimum absolute atomic E-state index is 0.0556. The van der Waals surface area contributed by atoms with Crippen LogP contribution in [-0.4, -0.2) is 10.3 Å². The highest BCUT2D eigenvalue weighted by Crippen LogP contribution is 2.32. The van der Waals surface area contributed by atoms with Crippen LogP contribution < -0.4 is 0 Å². The summed E-state index contributed by atoms with van der Waals surface area (Å²) < 4.78 is 42.3. The molecule has 2 rings (SSSR count). The average Bonchev–Trinajstić information content (AvgIpc) is 2.80. The Labute approximate surface area is 111 Å². The SMILES string of the molecule is OCc1c(CCl)noc1-c1ccc(C(F)(F)F)cc1. The number of aliphatic hydroxyl groups is 1. The van der Waals surface area contributed by atoms with E-state index in [-0.39, 0.29) is 18.2 Å². The van der Waals surface area contributed by atoms with Gasteiger partial charge in [-0.05, 0) is 12.1 Å². The smallest absolute Gasteiger partial charge is 0.391 e. The summed E-state index contributed by atoms with van der Waals surface area (Å²) in [6, 6.07) is 4.42. The number of halogens is 4. The Morgan fingerprint density at radius 1 is 1.21 bits per heavy atom. The third-order valence-electron chi connectivity index (χ3n) is 2.63. The maximum absolute atomic E-state index is 12.4. The molecule has 3 nitrogen and oxygen atoms in total. The summed E-state index contributed by atoms with van der Waals surface area (Å²) in [5.74, 6) is 0.284. The average molecular weight is 292 g/mol. The van der Waals surface area contributed by atoms with E-state index in [1.54, 1.807) is 0 Å². The first-order valence-electron chi connectivity index (χ1n) is 5.29. The second-order valence-electron chi connectivity index (χ2n) is 3.80. The van der Waals surface area contributed by atoms with E-state index < -0.39 is 11.7 Å². The third kappa shape index (κ3) is 2.74. The van der Waals surface area contributed by atoms with Crippen LogP contribution in [0.2, 0.25) is 0 Å². The van der Waals surface area contributed by atoms with E-state index >= 15 is 0 Å². The van der Waals surface area contributed by atoms with Crippen LogP contribution in [0.3, 0.4) is 0 Å². The van der Waals surface area contributed by atoms with E-state index in [0.717, 1.165) is 12.1 Å². The van der Waals surface area contributed by atoms with Crippen molar-refractivity contribution < 1.29 is 22.8 Å². The summed E-state index contributed by atoms with van der Waals surface area (Å²) in [6.07, 6.45) is -4.39. The van der Waals surface area contributed by atoms with Crippen LogP contribution in [0.4, 0.5) is 13.2 Å². The summed E-state index contributed by atoms with van der Waals surface area (Å²) in [7, 11) is 0. The highest BCUT2D eigenvalue weighted by molar-refractivity contribution is 6.17. The largest absolute Gasteiger partial charge is 0.416 e. The summed E-state index contributed by atoms with van der Waals surface area (Å²) in [5, 5.41) is 12.9. The molecule has 1 heterocycles. The zero-order valence-corrected chi connectivity index (χ0v) is 10.3. The number of benzene rings is 1. The number of hydrogen-bond donors (Lipinski definition) is 1. The molecule has 0 bridgehead atoms. The second-order valence-corrected chi connectivity index (χ2v) is 4.07. The first kappa shape index (κ1) is 13.9. The van der Waals surface area contributed by atoms with E-state index in [1.807, 2.05) is 0 Å². The lowest BCUT2D eigenvalue weighted by Crippen LogP contribution is -2.04. The Hall–Kier alpha value is -1.53. The van der Waals surface area contributed by atoms with Crippen LogP contribution in [0.25, 0.3) is 11.3 Å². The highest BCUT2D eigenvalue weighted by Gasteiger charge is 2.30. The van der Waals surface area contributed by atoms with Crippen LogP contribution in [0.15, 0.2) is 28.8 Å². The molecule has 0 radical (unpaired) electrons. The molecule has 0 amide bonds. The van der Waals surface area contributed by atoms with Crippen LogP contribution in [0.1, 0.15) is 16.8 Å². The molecular formula is C12H9ClF3NO2. The fraction of sp³-hybridized carbons (Fsp3) is 0.250. The van der Waals surface area contributed by atoms with E-state index in [1.165, 1.54) is 12.1 Å². The molecule has 0 aliphatic rings. The Morgan fingerprint density at radius 3 is 2.32 bits per heavy atom. The van der Waals surface area contributed by atoms with Gasteiger partial charge in [0.25, 0.3) is 0 Å². The minimum atomic E-state index is -4.39. The van der Waals surface area contributed by atoms with Gasteiger partial charge in [0, 0.05) is 11.1 Å². The third-order valence-corrected chi connectivity index (χ3v) is 2.88. The molecule has 0 aliphatic heterocycles. The van der Waals surface area contributed by atoms with Crippen molar-refractivity contribution in [1.82, 2.24) is 5.16 Å². The molecule has 1 aromatic heterocycles. The molecule has 0 fully saturated rings. The summed E-state index contributed by atoms with van der Waals surface area (Å²) in [5.41, 5.74) is 0.411. The van der Waals surface area contributed by atoms with E-state index in [9.17, 15) is 18.3 Å².